The molecule has 1 aromatic carbocycles. The van der Waals surface area contributed by atoms with Gasteiger partial charge in [0.2, 0.25) is 0 Å². The SMILES string of the molecule is CN1CCCN(C(=O)c2cn(Cc3ccccc3)nn2)CC1. The van der Waals surface area contributed by atoms with E-state index in [0.717, 1.165) is 38.2 Å². The second-order valence-corrected chi connectivity index (χ2v) is 5.74. The van der Waals surface area contributed by atoms with E-state index in [1.807, 2.05) is 35.2 Å². The Morgan fingerprint density at radius 1 is 1.14 bits per heavy atom. The van der Waals surface area contributed by atoms with Crippen LogP contribution in [0.3, 0.4) is 0 Å². The zero-order chi connectivity index (χ0) is 15.4. The maximum Gasteiger partial charge on any atom is 0.276 e. The first-order valence-electron chi connectivity index (χ1n) is 7.64. The summed E-state index contributed by atoms with van der Waals surface area (Å²) in [7, 11) is 2.09. The molecule has 1 amide bonds. The minimum absolute atomic E-state index is 0.0189. The smallest absolute Gasteiger partial charge is 0.276 e. The molecule has 1 aliphatic rings. The molecule has 0 saturated carbocycles. The molecule has 2 aromatic rings. The van der Waals surface area contributed by atoms with Crippen molar-refractivity contribution in [3.05, 3.63) is 47.8 Å². The Bertz CT molecular complexity index is 624. The van der Waals surface area contributed by atoms with Crippen LogP contribution in [0, 0.1) is 0 Å². The van der Waals surface area contributed by atoms with Crippen molar-refractivity contribution >= 4 is 5.91 Å². The van der Waals surface area contributed by atoms with Gasteiger partial charge >= 0.3 is 0 Å². The predicted molar refractivity (Wildman–Crippen MR) is 83.6 cm³/mol. The van der Waals surface area contributed by atoms with Gasteiger partial charge in [0.05, 0.1) is 12.7 Å². The van der Waals surface area contributed by atoms with E-state index >= 15 is 0 Å². The van der Waals surface area contributed by atoms with Gasteiger partial charge in [0.25, 0.3) is 5.91 Å². The highest BCUT2D eigenvalue weighted by atomic mass is 16.2. The number of nitrogens with zero attached hydrogens (tertiary/aromatic N) is 5. The summed E-state index contributed by atoms with van der Waals surface area (Å²) in [5.41, 5.74) is 1.57. The molecular formula is C16H21N5O. The van der Waals surface area contributed by atoms with Crippen molar-refractivity contribution < 1.29 is 4.79 Å². The molecule has 0 aliphatic carbocycles. The van der Waals surface area contributed by atoms with Crippen LogP contribution in [0.25, 0.3) is 0 Å². The second kappa shape index (κ2) is 6.70. The Hall–Kier alpha value is -2.21. The first-order chi connectivity index (χ1) is 10.7. The molecule has 3 rings (SSSR count). The second-order valence-electron chi connectivity index (χ2n) is 5.74. The Morgan fingerprint density at radius 2 is 1.95 bits per heavy atom. The van der Waals surface area contributed by atoms with Crippen molar-refractivity contribution in [2.24, 2.45) is 0 Å². The van der Waals surface area contributed by atoms with Crippen LogP contribution in [0.15, 0.2) is 36.5 Å². The number of likely N-dealkylation sites (N-methyl/N-ethyl adjacent to an activating group) is 1. The molecule has 1 saturated heterocycles. The van der Waals surface area contributed by atoms with Crippen molar-refractivity contribution in [2.45, 2.75) is 13.0 Å². The van der Waals surface area contributed by atoms with Gasteiger partial charge in [-0.05, 0) is 25.6 Å². The standard InChI is InChI=1S/C16H21N5O/c1-19-8-5-9-20(11-10-19)16(22)15-13-21(18-17-15)12-14-6-3-2-4-7-14/h2-4,6-7,13H,5,8-12H2,1H3. The van der Waals surface area contributed by atoms with Crippen LogP contribution in [0.5, 0.6) is 0 Å². The largest absolute Gasteiger partial charge is 0.336 e. The maximum atomic E-state index is 12.5. The van der Waals surface area contributed by atoms with Gasteiger partial charge in [0.15, 0.2) is 5.69 Å². The molecule has 1 fully saturated rings. The Morgan fingerprint density at radius 3 is 2.77 bits per heavy atom. The molecule has 0 spiro atoms. The number of aromatic nitrogens is 3. The fourth-order valence-corrected chi connectivity index (χ4v) is 2.66. The molecule has 0 N–H and O–H groups in total. The minimum atomic E-state index is -0.0189. The molecule has 22 heavy (non-hydrogen) atoms. The van der Waals surface area contributed by atoms with Gasteiger partial charge in [0.1, 0.15) is 0 Å². The summed E-state index contributed by atoms with van der Waals surface area (Å²) in [6.45, 7) is 4.10. The lowest BCUT2D eigenvalue weighted by atomic mass is 10.2. The van der Waals surface area contributed by atoms with Crippen LogP contribution in [-0.4, -0.2) is 63.9 Å². The van der Waals surface area contributed by atoms with E-state index in [2.05, 4.69) is 22.3 Å². The van der Waals surface area contributed by atoms with Crippen LogP contribution in [-0.2, 0) is 6.54 Å². The van der Waals surface area contributed by atoms with E-state index in [4.69, 9.17) is 0 Å². The molecule has 0 radical (unpaired) electrons. The fraction of sp³-hybridized carbons (Fsp3) is 0.438. The molecule has 0 atom stereocenters. The van der Waals surface area contributed by atoms with Crippen LogP contribution < -0.4 is 0 Å². The summed E-state index contributed by atoms with van der Waals surface area (Å²) >= 11 is 0. The van der Waals surface area contributed by atoms with Gasteiger partial charge in [-0.15, -0.1) is 5.10 Å². The lowest BCUT2D eigenvalue weighted by Gasteiger charge is -2.18. The third-order valence-corrected chi connectivity index (χ3v) is 3.95. The van der Waals surface area contributed by atoms with E-state index in [1.165, 1.54) is 0 Å². The lowest BCUT2D eigenvalue weighted by molar-refractivity contribution is 0.0757. The summed E-state index contributed by atoms with van der Waals surface area (Å²) in [5.74, 6) is -0.0189. The van der Waals surface area contributed by atoms with Crippen molar-refractivity contribution in [1.82, 2.24) is 24.8 Å². The number of hydrogen-bond donors (Lipinski definition) is 0. The average Bonchev–Trinajstić information content (AvgIpc) is 2.88. The van der Waals surface area contributed by atoms with Crippen LogP contribution in [0.2, 0.25) is 0 Å². The number of hydrogen-bond acceptors (Lipinski definition) is 4. The van der Waals surface area contributed by atoms with Gasteiger partial charge < -0.3 is 9.80 Å². The summed E-state index contributed by atoms with van der Waals surface area (Å²) in [4.78, 5) is 16.6. The number of carbonyl (C=O) groups is 1. The van der Waals surface area contributed by atoms with Gasteiger partial charge in [-0.3, -0.25) is 4.79 Å². The van der Waals surface area contributed by atoms with Gasteiger partial charge in [-0.2, -0.15) is 0 Å². The van der Waals surface area contributed by atoms with Crippen molar-refractivity contribution in [3.8, 4) is 0 Å². The highest BCUT2D eigenvalue weighted by Crippen LogP contribution is 2.07. The average molecular weight is 299 g/mol. The zero-order valence-electron chi connectivity index (χ0n) is 12.9. The summed E-state index contributed by atoms with van der Waals surface area (Å²) in [6.07, 6.45) is 2.74. The van der Waals surface area contributed by atoms with E-state index in [9.17, 15) is 4.79 Å². The third kappa shape index (κ3) is 3.51. The van der Waals surface area contributed by atoms with Crippen LogP contribution in [0.4, 0.5) is 0 Å². The maximum absolute atomic E-state index is 12.5. The highest BCUT2D eigenvalue weighted by Gasteiger charge is 2.21. The van der Waals surface area contributed by atoms with E-state index in [1.54, 1.807) is 10.9 Å². The molecule has 116 valence electrons. The Labute approximate surface area is 130 Å². The molecule has 6 nitrogen and oxygen atoms in total. The van der Waals surface area contributed by atoms with E-state index in [0.29, 0.717) is 12.2 Å². The summed E-state index contributed by atoms with van der Waals surface area (Å²) in [5, 5.41) is 8.12. The predicted octanol–water partition coefficient (Wildman–Crippen LogP) is 1.10. The van der Waals surface area contributed by atoms with Gasteiger partial charge in [0, 0.05) is 19.6 Å². The molecule has 2 heterocycles. The van der Waals surface area contributed by atoms with E-state index < -0.39 is 0 Å². The quantitative estimate of drug-likeness (QED) is 0.852. The lowest BCUT2D eigenvalue weighted by Crippen LogP contribution is -2.34. The van der Waals surface area contributed by atoms with Crippen molar-refractivity contribution in [2.75, 3.05) is 33.2 Å². The fourth-order valence-electron chi connectivity index (χ4n) is 2.66. The molecule has 0 unspecified atom stereocenters. The number of rotatable bonds is 3. The number of benzene rings is 1. The van der Waals surface area contributed by atoms with Crippen LogP contribution >= 0.6 is 0 Å². The van der Waals surface area contributed by atoms with Gasteiger partial charge in [-0.1, -0.05) is 35.5 Å². The first-order valence-corrected chi connectivity index (χ1v) is 7.64. The normalized spacial score (nSPS) is 16.5. The molecule has 6 heteroatoms. The zero-order valence-corrected chi connectivity index (χ0v) is 12.9. The summed E-state index contributed by atoms with van der Waals surface area (Å²) < 4.78 is 1.71. The van der Waals surface area contributed by atoms with E-state index in [-0.39, 0.29) is 5.91 Å². The highest BCUT2D eigenvalue weighted by molar-refractivity contribution is 5.91. The number of carbonyl (C=O) groups excluding carboxylic acids is 1. The molecule has 1 aromatic heterocycles. The minimum Gasteiger partial charge on any atom is -0.336 e. The third-order valence-electron chi connectivity index (χ3n) is 3.95. The number of amides is 1. The Balaban J connectivity index is 1.66. The molecule has 1 aliphatic heterocycles. The molecule has 0 bridgehead atoms. The topological polar surface area (TPSA) is 54.3 Å². The monoisotopic (exact) mass is 299 g/mol. The van der Waals surface area contributed by atoms with Crippen molar-refractivity contribution in [1.29, 1.82) is 0 Å². The summed E-state index contributed by atoms with van der Waals surface area (Å²) in [6, 6.07) is 10.0. The van der Waals surface area contributed by atoms with Crippen molar-refractivity contribution in [3.63, 3.8) is 0 Å². The van der Waals surface area contributed by atoms with Crippen LogP contribution in [0.1, 0.15) is 22.5 Å². The Kier molecular flexibility index (Phi) is 4.48. The van der Waals surface area contributed by atoms with Gasteiger partial charge in [-0.25, -0.2) is 4.68 Å². The molecular weight excluding hydrogens is 278 g/mol. The first kappa shape index (κ1) is 14.7.